The molecule has 0 N–H and O–H groups in total. The average molecular weight is 432 g/mol. The van der Waals surface area contributed by atoms with Gasteiger partial charge in [-0.3, -0.25) is 0 Å². The number of fused-ring (bicyclic) bond motifs is 2. The first-order chi connectivity index (χ1) is 15.5. The summed E-state index contributed by atoms with van der Waals surface area (Å²) < 4.78 is 36.0. The third-order valence-corrected chi connectivity index (χ3v) is 5.37. The Balaban J connectivity index is 1.62. The van der Waals surface area contributed by atoms with Crippen LogP contribution in [0.1, 0.15) is 25.0 Å². The van der Waals surface area contributed by atoms with Crippen molar-refractivity contribution in [2.24, 2.45) is 4.99 Å². The van der Waals surface area contributed by atoms with Gasteiger partial charge in [0.25, 0.3) is 0 Å². The summed E-state index contributed by atoms with van der Waals surface area (Å²) in [5.41, 5.74) is 4.61. The molecule has 0 saturated carbocycles. The van der Waals surface area contributed by atoms with Crippen LogP contribution in [0.15, 0.2) is 78.2 Å². The molecule has 1 aliphatic rings. The second-order valence-corrected chi connectivity index (χ2v) is 8.01. The summed E-state index contributed by atoms with van der Waals surface area (Å²) in [6.45, 7) is 4.42. The smallest absolute Gasteiger partial charge is 0.174 e. The summed E-state index contributed by atoms with van der Waals surface area (Å²) in [6.07, 6.45) is 5.00. The molecule has 2 aromatic carbocycles. The first-order valence-electron chi connectivity index (χ1n) is 10.5. The summed E-state index contributed by atoms with van der Waals surface area (Å²) in [5.74, 6) is -1.80. The predicted octanol–water partition coefficient (Wildman–Crippen LogP) is 5.50. The average Bonchev–Trinajstić information content (AvgIpc) is 3.24. The predicted molar refractivity (Wildman–Crippen MR) is 120 cm³/mol. The molecular formula is C25H22F2N4O. The number of aliphatic imine (C=N–C) groups is 1. The number of hydrogen-bond donors (Lipinski definition) is 0. The summed E-state index contributed by atoms with van der Waals surface area (Å²) in [5, 5.41) is 0. The van der Waals surface area contributed by atoms with Crippen molar-refractivity contribution in [3.8, 4) is 0 Å². The zero-order valence-corrected chi connectivity index (χ0v) is 17.7. The molecule has 5 rings (SSSR count). The maximum Gasteiger partial charge on any atom is 0.174 e. The van der Waals surface area contributed by atoms with Gasteiger partial charge in [0.1, 0.15) is 5.65 Å². The van der Waals surface area contributed by atoms with E-state index in [1.807, 2.05) is 67.0 Å². The summed E-state index contributed by atoms with van der Waals surface area (Å²) in [6, 6.07) is 15.6. The van der Waals surface area contributed by atoms with E-state index < -0.39 is 17.9 Å². The number of aromatic nitrogens is 2. The molecule has 4 aromatic rings. The number of ether oxygens (including phenoxy) is 1. The second-order valence-electron chi connectivity index (χ2n) is 8.01. The Kier molecular flexibility index (Phi) is 5.19. The van der Waals surface area contributed by atoms with Crippen LogP contribution >= 0.6 is 0 Å². The standard InChI is InChI=1S/C25H22F2N4O/c1-16(2)32-25-24(18-8-9-19(26)20(27)13-18)29-21-5-3-4-6-22(21)31(25)15-17-7-10-23-28-11-12-30(23)14-17/h3-14,16,25H,15H2,1-2H3. The molecule has 2 aromatic heterocycles. The van der Waals surface area contributed by atoms with Gasteiger partial charge in [-0.25, -0.2) is 18.8 Å². The van der Waals surface area contributed by atoms with Crippen molar-refractivity contribution in [3.05, 3.63) is 95.9 Å². The molecule has 0 amide bonds. The molecule has 162 valence electrons. The van der Waals surface area contributed by atoms with Crippen molar-refractivity contribution >= 4 is 22.7 Å². The number of hydrogen-bond acceptors (Lipinski definition) is 4. The Morgan fingerprint density at radius 1 is 1.03 bits per heavy atom. The van der Waals surface area contributed by atoms with Gasteiger partial charge in [0.05, 0.1) is 23.2 Å². The zero-order chi connectivity index (χ0) is 22.2. The van der Waals surface area contributed by atoms with Crippen molar-refractivity contribution in [1.29, 1.82) is 0 Å². The monoisotopic (exact) mass is 432 g/mol. The second kappa shape index (κ2) is 8.16. The van der Waals surface area contributed by atoms with E-state index >= 15 is 0 Å². The molecule has 32 heavy (non-hydrogen) atoms. The van der Waals surface area contributed by atoms with Gasteiger partial charge in [0.15, 0.2) is 17.9 Å². The Hall–Kier alpha value is -3.58. The maximum absolute atomic E-state index is 14.1. The van der Waals surface area contributed by atoms with Crippen molar-refractivity contribution < 1.29 is 13.5 Å². The Labute approximate surface area is 184 Å². The highest BCUT2D eigenvalue weighted by Gasteiger charge is 2.33. The van der Waals surface area contributed by atoms with E-state index in [1.54, 1.807) is 6.20 Å². The highest BCUT2D eigenvalue weighted by Crippen LogP contribution is 2.37. The fraction of sp³-hybridized carbons (Fsp3) is 0.200. The van der Waals surface area contributed by atoms with Crippen molar-refractivity contribution in [3.63, 3.8) is 0 Å². The number of para-hydroxylation sites is 2. The minimum Gasteiger partial charge on any atom is -0.350 e. The van der Waals surface area contributed by atoms with Gasteiger partial charge in [-0.05, 0) is 55.8 Å². The molecule has 0 spiro atoms. The van der Waals surface area contributed by atoms with Gasteiger partial charge >= 0.3 is 0 Å². The van der Waals surface area contributed by atoms with Gasteiger partial charge in [0, 0.05) is 30.7 Å². The van der Waals surface area contributed by atoms with Crippen LogP contribution in [0.25, 0.3) is 5.65 Å². The molecule has 0 fully saturated rings. The van der Waals surface area contributed by atoms with Crippen LogP contribution in [0.4, 0.5) is 20.2 Å². The number of anilines is 1. The molecule has 0 radical (unpaired) electrons. The van der Waals surface area contributed by atoms with E-state index in [2.05, 4.69) is 9.88 Å². The fourth-order valence-electron chi connectivity index (χ4n) is 3.94. The van der Waals surface area contributed by atoms with Gasteiger partial charge in [-0.1, -0.05) is 18.2 Å². The van der Waals surface area contributed by atoms with Gasteiger partial charge in [0.2, 0.25) is 0 Å². The first-order valence-corrected chi connectivity index (χ1v) is 10.5. The molecule has 1 unspecified atom stereocenters. The lowest BCUT2D eigenvalue weighted by Gasteiger charge is -2.39. The number of benzene rings is 2. The van der Waals surface area contributed by atoms with Crippen LogP contribution in [0.5, 0.6) is 0 Å². The number of pyridine rings is 1. The number of rotatable bonds is 5. The van der Waals surface area contributed by atoms with Crippen LogP contribution in [0.3, 0.4) is 0 Å². The van der Waals surface area contributed by atoms with E-state index in [1.165, 1.54) is 12.1 Å². The lowest BCUT2D eigenvalue weighted by molar-refractivity contribution is 0.0434. The topological polar surface area (TPSA) is 42.1 Å². The van der Waals surface area contributed by atoms with Crippen LogP contribution in [0, 0.1) is 11.6 Å². The van der Waals surface area contributed by atoms with E-state index in [0.29, 0.717) is 17.8 Å². The Morgan fingerprint density at radius 3 is 2.69 bits per heavy atom. The quantitative estimate of drug-likeness (QED) is 0.418. The molecule has 7 heteroatoms. The fourth-order valence-corrected chi connectivity index (χ4v) is 3.94. The summed E-state index contributed by atoms with van der Waals surface area (Å²) >= 11 is 0. The Morgan fingerprint density at radius 2 is 1.88 bits per heavy atom. The van der Waals surface area contributed by atoms with E-state index in [9.17, 15) is 8.78 Å². The molecule has 5 nitrogen and oxygen atoms in total. The van der Waals surface area contributed by atoms with Gasteiger partial charge < -0.3 is 14.0 Å². The van der Waals surface area contributed by atoms with E-state index in [4.69, 9.17) is 9.73 Å². The number of imidazole rings is 1. The maximum atomic E-state index is 14.1. The van der Waals surface area contributed by atoms with Gasteiger partial charge in [-0.15, -0.1) is 0 Å². The summed E-state index contributed by atoms with van der Waals surface area (Å²) in [4.78, 5) is 11.2. The SMILES string of the molecule is CC(C)OC1C(c2ccc(F)c(F)c2)=Nc2ccccc2N1Cc1ccc2nccn2c1. The van der Waals surface area contributed by atoms with Crippen LogP contribution < -0.4 is 4.90 Å². The molecule has 1 aliphatic heterocycles. The third kappa shape index (κ3) is 3.76. The third-order valence-electron chi connectivity index (χ3n) is 5.37. The van der Waals surface area contributed by atoms with Crippen LogP contribution in [-0.2, 0) is 11.3 Å². The normalized spacial score (nSPS) is 15.8. The molecule has 0 aliphatic carbocycles. The highest BCUT2D eigenvalue weighted by atomic mass is 19.2. The van der Waals surface area contributed by atoms with Crippen LogP contribution in [-0.4, -0.2) is 27.4 Å². The zero-order valence-electron chi connectivity index (χ0n) is 17.7. The largest absolute Gasteiger partial charge is 0.350 e. The Bertz CT molecular complexity index is 1310. The van der Waals surface area contributed by atoms with E-state index in [-0.39, 0.29) is 6.10 Å². The highest BCUT2D eigenvalue weighted by molar-refractivity contribution is 6.09. The van der Waals surface area contributed by atoms with Crippen molar-refractivity contribution in [2.75, 3.05) is 4.90 Å². The van der Waals surface area contributed by atoms with Crippen LogP contribution in [0.2, 0.25) is 0 Å². The minimum absolute atomic E-state index is 0.112. The molecular weight excluding hydrogens is 410 g/mol. The molecule has 0 bridgehead atoms. The molecule has 3 heterocycles. The summed E-state index contributed by atoms with van der Waals surface area (Å²) in [7, 11) is 0. The lowest BCUT2D eigenvalue weighted by atomic mass is 10.0. The van der Waals surface area contributed by atoms with Crippen molar-refractivity contribution in [2.45, 2.75) is 32.7 Å². The minimum atomic E-state index is -0.913. The lowest BCUT2D eigenvalue weighted by Crippen LogP contribution is -2.46. The van der Waals surface area contributed by atoms with Gasteiger partial charge in [-0.2, -0.15) is 0 Å². The number of nitrogens with zero attached hydrogens (tertiary/aromatic N) is 4. The number of halogens is 2. The molecule has 1 atom stereocenters. The molecule has 0 saturated heterocycles. The van der Waals surface area contributed by atoms with E-state index in [0.717, 1.165) is 28.7 Å². The first kappa shape index (κ1) is 20.3. The van der Waals surface area contributed by atoms with Crippen molar-refractivity contribution in [1.82, 2.24) is 9.38 Å².